The maximum absolute atomic E-state index is 12.0. The van der Waals surface area contributed by atoms with Gasteiger partial charge in [0.15, 0.2) is 5.78 Å². The Morgan fingerprint density at radius 3 is 2.45 bits per heavy atom. The smallest absolute Gasteiger partial charge is 0.224 e. The number of aryl methyl sites for hydroxylation is 1. The molecule has 2 aromatic carbocycles. The van der Waals surface area contributed by atoms with Crippen molar-refractivity contribution in [1.82, 2.24) is 0 Å². The van der Waals surface area contributed by atoms with Gasteiger partial charge in [-0.05, 0) is 25.1 Å². The minimum absolute atomic E-state index is 0.0403. The van der Waals surface area contributed by atoms with Crippen molar-refractivity contribution in [1.29, 1.82) is 0 Å². The van der Waals surface area contributed by atoms with E-state index in [2.05, 4.69) is 5.32 Å². The average Bonchev–Trinajstić information content (AvgIpc) is 2.49. The number of benzene rings is 2. The van der Waals surface area contributed by atoms with Gasteiger partial charge in [0.2, 0.25) is 5.91 Å². The molecule has 0 aliphatic carbocycles. The van der Waals surface area contributed by atoms with Crippen molar-refractivity contribution in [3.63, 3.8) is 0 Å². The standard InChI is InChI=1S/C17H16ClNO3/c1-11-2-4-12(5-3-11)15(20)8-9-17(22)19-14-10-13(18)6-7-16(14)21/h2-7,10,21H,8-9H2,1H3,(H,19,22). The van der Waals surface area contributed by atoms with Gasteiger partial charge in [-0.25, -0.2) is 0 Å². The Morgan fingerprint density at radius 2 is 1.77 bits per heavy atom. The molecule has 0 aliphatic rings. The number of hydrogen-bond donors (Lipinski definition) is 2. The fourth-order valence-corrected chi connectivity index (χ4v) is 2.10. The van der Waals surface area contributed by atoms with Crippen LogP contribution in [0.4, 0.5) is 5.69 Å². The van der Waals surface area contributed by atoms with E-state index in [1.807, 2.05) is 19.1 Å². The molecule has 0 aliphatic heterocycles. The molecule has 2 N–H and O–H groups in total. The summed E-state index contributed by atoms with van der Waals surface area (Å²) < 4.78 is 0. The Kier molecular flexibility index (Phi) is 5.17. The molecule has 2 rings (SSSR count). The summed E-state index contributed by atoms with van der Waals surface area (Å²) in [5.74, 6) is -0.508. The third-order valence-corrected chi connectivity index (χ3v) is 3.42. The molecule has 0 fully saturated rings. The maximum atomic E-state index is 12.0. The molecule has 2 aromatic rings. The molecule has 0 spiro atoms. The number of Topliss-reactive ketones (excluding diaryl/α,β-unsaturated/α-hetero) is 1. The monoisotopic (exact) mass is 317 g/mol. The van der Waals surface area contributed by atoms with Crippen LogP contribution in [0.25, 0.3) is 0 Å². The number of ketones is 1. The third kappa shape index (κ3) is 4.33. The highest BCUT2D eigenvalue weighted by Gasteiger charge is 2.11. The Morgan fingerprint density at radius 1 is 1.09 bits per heavy atom. The van der Waals surface area contributed by atoms with Gasteiger partial charge in [-0.3, -0.25) is 9.59 Å². The number of amides is 1. The first kappa shape index (κ1) is 16.0. The van der Waals surface area contributed by atoms with E-state index in [0.29, 0.717) is 10.6 Å². The van der Waals surface area contributed by atoms with Gasteiger partial charge in [0.1, 0.15) is 5.75 Å². The van der Waals surface area contributed by atoms with E-state index in [4.69, 9.17) is 11.6 Å². The zero-order valence-corrected chi connectivity index (χ0v) is 12.9. The van der Waals surface area contributed by atoms with Gasteiger partial charge in [-0.1, -0.05) is 41.4 Å². The predicted octanol–water partition coefficient (Wildman–Crippen LogP) is 3.96. The highest BCUT2D eigenvalue weighted by atomic mass is 35.5. The van der Waals surface area contributed by atoms with Gasteiger partial charge in [-0.2, -0.15) is 0 Å². The van der Waals surface area contributed by atoms with Gasteiger partial charge >= 0.3 is 0 Å². The fourth-order valence-electron chi connectivity index (χ4n) is 1.93. The largest absolute Gasteiger partial charge is 0.506 e. The van der Waals surface area contributed by atoms with Crippen LogP contribution in [0.5, 0.6) is 5.75 Å². The number of anilines is 1. The molecule has 0 aromatic heterocycles. The molecule has 0 radical (unpaired) electrons. The second-order valence-corrected chi connectivity index (χ2v) is 5.44. The van der Waals surface area contributed by atoms with E-state index in [-0.39, 0.29) is 36.0 Å². The fraction of sp³-hybridized carbons (Fsp3) is 0.176. The molecule has 1 amide bonds. The molecule has 22 heavy (non-hydrogen) atoms. The van der Waals surface area contributed by atoms with E-state index in [1.54, 1.807) is 12.1 Å². The van der Waals surface area contributed by atoms with E-state index in [0.717, 1.165) is 5.56 Å². The van der Waals surface area contributed by atoms with Crippen LogP contribution in [0, 0.1) is 6.92 Å². The second-order valence-electron chi connectivity index (χ2n) is 5.00. The molecule has 4 nitrogen and oxygen atoms in total. The van der Waals surface area contributed by atoms with Crippen LogP contribution < -0.4 is 5.32 Å². The summed E-state index contributed by atoms with van der Waals surface area (Å²) in [4.78, 5) is 23.8. The Balaban J connectivity index is 1.91. The molecule has 114 valence electrons. The second kappa shape index (κ2) is 7.09. The van der Waals surface area contributed by atoms with E-state index < -0.39 is 0 Å². The summed E-state index contributed by atoms with van der Waals surface area (Å²) in [7, 11) is 0. The van der Waals surface area contributed by atoms with Crippen molar-refractivity contribution in [3.05, 3.63) is 58.6 Å². The van der Waals surface area contributed by atoms with Crippen molar-refractivity contribution in [2.45, 2.75) is 19.8 Å². The summed E-state index contributed by atoms with van der Waals surface area (Å²) in [6.45, 7) is 1.94. The lowest BCUT2D eigenvalue weighted by atomic mass is 10.0. The zero-order chi connectivity index (χ0) is 16.1. The van der Waals surface area contributed by atoms with E-state index >= 15 is 0 Å². The minimum atomic E-state index is -0.349. The number of carbonyl (C=O) groups excluding carboxylic acids is 2. The van der Waals surface area contributed by atoms with Gasteiger partial charge in [-0.15, -0.1) is 0 Å². The van der Waals surface area contributed by atoms with Crippen LogP contribution in [0.3, 0.4) is 0 Å². The lowest BCUT2D eigenvalue weighted by Crippen LogP contribution is -2.13. The summed E-state index contributed by atoms with van der Waals surface area (Å²) in [5, 5.41) is 12.6. The van der Waals surface area contributed by atoms with Crippen LogP contribution in [0.15, 0.2) is 42.5 Å². The number of carbonyl (C=O) groups is 2. The molecular formula is C17H16ClNO3. The lowest BCUT2D eigenvalue weighted by molar-refractivity contribution is -0.116. The summed E-state index contributed by atoms with van der Waals surface area (Å²) in [6.07, 6.45) is 0.148. The number of phenols is 1. The van der Waals surface area contributed by atoms with Gasteiger partial charge in [0.25, 0.3) is 0 Å². The number of rotatable bonds is 5. The number of halogens is 1. The highest BCUT2D eigenvalue weighted by Crippen LogP contribution is 2.26. The Hall–Kier alpha value is -2.33. The number of aromatic hydroxyl groups is 1. The molecule has 0 saturated heterocycles. The van der Waals surface area contributed by atoms with Crippen molar-refractivity contribution in [2.75, 3.05) is 5.32 Å². The predicted molar refractivity (Wildman–Crippen MR) is 86.5 cm³/mol. The number of phenolic OH excluding ortho intramolecular Hbond substituents is 1. The van der Waals surface area contributed by atoms with Crippen LogP contribution in [0.2, 0.25) is 5.02 Å². The van der Waals surface area contributed by atoms with Gasteiger partial charge < -0.3 is 10.4 Å². The third-order valence-electron chi connectivity index (χ3n) is 3.19. The molecule has 0 unspecified atom stereocenters. The first-order valence-corrected chi connectivity index (χ1v) is 7.22. The molecule has 0 atom stereocenters. The van der Waals surface area contributed by atoms with Gasteiger partial charge in [0.05, 0.1) is 5.69 Å². The number of nitrogens with one attached hydrogen (secondary N) is 1. The normalized spacial score (nSPS) is 10.3. The molecule has 5 heteroatoms. The molecule has 0 bridgehead atoms. The molecule has 0 saturated carbocycles. The average molecular weight is 318 g/mol. The first-order valence-electron chi connectivity index (χ1n) is 6.84. The van der Waals surface area contributed by atoms with Crippen molar-refractivity contribution in [2.24, 2.45) is 0 Å². The highest BCUT2D eigenvalue weighted by molar-refractivity contribution is 6.31. The SMILES string of the molecule is Cc1ccc(C(=O)CCC(=O)Nc2cc(Cl)ccc2O)cc1. The topological polar surface area (TPSA) is 66.4 Å². The summed E-state index contributed by atoms with van der Waals surface area (Å²) in [5.41, 5.74) is 1.90. The van der Waals surface area contributed by atoms with Crippen LogP contribution >= 0.6 is 11.6 Å². The first-order chi connectivity index (χ1) is 10.5. The van der Waals surface area contributed by atoms with Crippen LogP contribution in [-0.4, -0.2) is 16.8 Å². The van der Waals surface area contributed by atoms with E-state index in [9.17, 15) is 14.7 Å². The van der Waals surface area contributed by atoms with Crippen molar-refractivity contribution >= 4 is 29.0 Å². The zero-order valence-electron chi connectivity index (χ0n) is 12.1. The maximum Gasteiger partial charge on any atom is 0.224 e. The van der Waals surface area contributed by atoms with E-state index in [1.165, 1.54) is 18.2 Å². The van der Waals surface area contributed by atoms with Gasteiger partial charge in [0, 0.05) is 23.4 Å². The molecular weight excluding hydrogens is 302 g/mol. The quantitative estimate of drug-likeness (QED) is 0.648. The van der Waals surface area contributed by atoms with Crippen LogP contribution in [0.1, 0.15) is 28.8 Å². The van der Waals surface area contributed by atoms with Crippen molar-refractivity contribution in [3.8, 4) is 5.75 Å². The van der Waals surface area contributed by atoms with Crippen LogP contribution in [-0.2, 0) is 4.79 Å². The Bertz CT molecular complexity index is 696. The molecule has 0 heterocycles. The Labute approximate surface area is 133 Å². The number of hydrogen-bond acceptors (Lipinski definition) is 3. The summed E-state index contributed by atoms with van der Waals surface area (Å²) >= 11 is 5.80. The van der Waals surface area contributed by atoms with Crippen molar-refractivity contribution < 1.29 is 14.7 Å². The lowest BCUT2D eigenvalue weighted by Gasteiger charge is -2.07. The minimum Gasteiger partial charge on any atom is -0.506 e. The summed E-state index contributed by atoms with van der Waals surface area (Å²) in [6, 6.07) is 11.6.